The van der Waals surface area contributed by atoms with Crippen LogP contribution in [-0.4, -0.2) is 26.5 Å². The molecule has 0 unspecified atom stereocenters. The van der Waals surface area contributed by atoms with Gasteiger partial charge in [0.1, 0.15) is 12.4 Å². The monoisotopic (exact) mass is 373 g/mol. The fourth-order valence-corrected chi connectivity index (χ4v) is 2.46. The van der Waals surface area contributed by atoms with Gasteiger partial charge in [-0.15, -0.1) is 0 Å². The highest BCUT2D eigenvalue weighted by Crippen LogP contribution is 2.23. The molecule has 134 valence electrons. The molecular formula is C14H13F2N3O5S. The van der Waals surface area contributed by atoms with Crippen molar-refractivity contribution in [2.75, 3.05) is 18.5 Å². The average Bonchev–Trinajstić information content (AvgIpc) is 2.53. The van der Waals surface area contributed by atoms with Crippen molar-refractivity contribution in [3.63, 3.8) is 0 Å². The lowest BCUT2D eigenvalue weighted by molar-refractivity contribution is -0.385. The van der Waals surface area contributed by atoms with Gasteiger partial charge in [0.25, 0.3) is 5.69 Å². The normalized spacial score (nSPS) is 11.2. The number of hydrogen-bond donors (Lipinski definition) is 2. The Morgan fingerprint density at radius 2 is 1.88 bits per heavy atom. The number of hydrogen-bond acceptors (Lipinski definition) is 6. The molecule has 2 aromatic rings. The summed E-state index contributed by atoms with van der Waals surface area (Å²) in [7, 11) is -4.12. The molecule has 0 spiro atoms. The van der Waals surface area contributed by atoms with Crippen LogP contribution >= 0.6 is 0 Å². The summed E-state index contributed by atoms with van der Waals surface area (Å²) >= 11 is 0. The Hall–Kier alpha value is -2.79. The summed E-state index contributed by atoms with van der Waals surface area (Å²) < 4.78 is 53.7. The number of nitro benzene ring substituents is 1. The van der Waals surface area contributed by atoms with Crippen molar-refractivity contribution in [1.29, 1.82) is 0 Å². The van der Waals surface area contributed by atoms with Crippen molar-refractivity contribution in [3.05, 3.63) is 58.1 Å². The molecule has 8 nitrogen and oxygen atoms in total. The highest BCUT2D eigenvalue weighted by atomic mass is 32.2. The molecule has 3 N–H and O–H groups in total. The molecular weight excluding hydrogens is 360 g/mol. The topological polar surface area (TPSA) is 125 Å². The zero-order valence-electron chi connectivity index (χ0n) is 12.6. The van der Waals surface area contributed by atoms with Gasteiger partial charge in [-0.25, -0.2) is 22.3 Å². The number of nitro groups is 1. The maximum absolute atomic E-state index is 13.0. The van der Waals surface area contributed by atoms with Gasteiger partial charge in [-0.2, -0.15) is 0 Å². The van der Waals surface area contributed by atoms with Crippen molar-refractivity contribution in [2.24, 2.45) is 5.14 Å². The zero-order valence-corrected chi connectivity index (χ0v) is 13.4. The van der Waals surface area contributed by atoms with Crippen LogP contribution in [0.15, 0.2) is 41.3 Å². The van der Waals surface area contributed by atoms with Crippen LogP contribution in [0.1, 0.15) is 0 Å². The fourth-order valence-electron chi connectivity index (χ4n) is 1.89. The molecule has 0 saturated carbocycles. The minimum absolute atomic E-state index is 0.0124. The minimum Gasteiger partial charge on any atom is -0.492 e. The summed E-state index contributed by atoms with van der Waals surface area (Å²) in [5, 5.41) is 18.6. The number of nitrogens with two attached hydrogens (primary N) is 1. The van der Waals surface area contributed by atoms with Gasteiger partial charge in [-0.3, -0.25) is 10.1 Å². The second-order valence-electron chi connectivity index (χ2n) is 4.87. The first-order valence-electron chi connectivity index (χ1n) is 6.81. The third-order valence-electron chi connectivity index (χ3n) is 3.02. The number of nitrogens with zero attached hydrogens (tertiary/aromatic N) is 1. The van der Waals surface area contributed by atoms with Crippen molar-refractivity contribution in [3.8, 4) is 5.75 Å². The lowest BCUT2D eigenvalue weighted by Crippen LogP contribution is -2.15. The lowest BCUT2D eigenvalue weighted by Gasteiger charge is -2.10. The second-order valence-corrected chi connectivity index (χ2v) is 6.43. The van der Waals surface area contributed by atoms with E-state index in [2.05, 4.69) is 5.32 Å². The molecule has 0 aliphatic heterocycles. The molecule has 0 fully saturated rings. The molecule has 0 saturated heterocycles. The van der Waals surface area contributed by atoms with Crippen LogP contribution < -0.4 is 15.2 Å². The maximum Gasteiger partial charge on any atom is 0.272 e. The van der Waals surface area contributed by atoms with E-state index in [1.165, 1.54) is 6.07 Å². The quantitative estimate of drug-likeness (QED) is 0.435. The van der Waals surface area contributed by atoms with Crippen molar-refractivity contribution in [2.45, 2.75) is 4.90 Å². The number of primary sulfonamides is 1. The number of rotatable bonds is 7. The Labute approximate surface area is 141 Å². The number of ether oxygens (including phenoxy) is 1. The Kier molecular flexibility index (Phi) is 5.49. The number of benzene rings is 2. The van der Waals surface area contributed by atoms with E-state index in [0.717, 1.165) is 30.3 Å². The molecule has 2 aromatic carbocycles. The van der Waals surface area contributed by atoms with Gasteiger partial charge in [0, 0.05) is 30.4 Å². The fraction of sp³-hybridized carbons (Fsp3) is 0.143. The predicted octanol–water partition coefficient (Wildman–Crippen LogP) is 2.01. The van der Waals surface area contributed by atoms with E-state index in [1.54, 1.807) is 0 Å². The van der Waals surface area contributed by atoms with E-state index in [1.807, 2.05) is 0 Å². The molecule has 2 rings (SSSR count). The van der Waals surface area contributed by atoms with Crippen LogP contribution in [0.5, 0.6) is 5.75 Å². The summed E-state index contributed by atoms with van der Waals surface area (Å²) in [6.07, 6.45) is 0. The summed E-state index contributed by atoms with van der Waals surface area (Å²) in [5.74, 6) is -1.95. The van der Waals surface area contributed by atoms with E-state index in [-0.39, 0.29) is 24.6 Å². The van der Waals surface area contributed by atoms with E-state index >= 15 is 0 Å². The highest BCUT2D eigenvalue weighted by Gasteiger charge is 2.16. The van der Waals surface area contributed by atoms with Gasteiger partial charge in [-0.05, 0) is 18.2 Å². The van der Waals surface area contributed by atoms with Gasteiger partial charge in [0.2, 0.25) is 10.0 Å². The van der Waals surface area contributed by atoms with Gasteiger partial charge < -0.3 is 10.1 Å². The van der Waals surface area contributed by atoms with Crippen LogP contribution in [-0.2, 0) is 10.0 Å². The van der Waals surface area contributed by atoms with Crippen molar-refractivity contribution >= 4 is 21.4 Å². The summed E-state index contributed by atoms with van der Waals surface area (Å²) in [4.78, 5) is 9.69. The van der Waals surface area contributed by atoms with E-state index < -0.39 is 37.2 Å². The number of sulfonamides is 1. The van der Waals surface area contributed by atoms with Crippen molar-refractivity contribution in [1.82, 2.24) is 0 Å². The number of nitrogens with one attached hydrogen (secondary N) is 1. The number of anilines is 1. The first-order valence-corrected chi connectivity index (χ1v) is 8.35. The standard InChI is InChI=1S/C14H13F2N3O5S/c15-13-2-1-11(8-14(13)16)24-4-3-18-9-5-10(19(20)21)7-12(6-9)25(17,22)23/h1-2,5-8,18H,3-4H2,(H2,17,22,23). The van der Waals surface area contributed by atoms with Crippen LogP contribution in [0.2, 0.25) is 0 Å². The largest absolute Gasteiger partial charge is 0.492 e. The number of non-ortho nitro benzene ring substituents is 1. The summed E-state index contributed by atoms with van der Waals surface area (Å²) in [6, 6.07) is 6.15. The smallest absolute Gasteiger partial charge is 0.272 e. The summed E-state index contributed by atoms with van der Waals surface area (Å²) in [6.45, 7) is 0.128. The third-order valence-corrected chi connectivity index (χ3v) is 3.91. The molecule has 25 heavy (non-hydrogen) atoms. The molecule has 0 amide bonds. The molecule has 11 heteroatoms. The predicted molar refractivity (Wildman–Crippen MR) is 84.8 cm³/mol. The Bertz CT molecular complexity index is 905. The van der Waals surface area contributed by atoms with Gasteiger partial charge in [0.15, 0.2) is 11.6 Å². The second kappa shape index (κ2) is 7.40. The molecule has 0 bridgehead atoms. The molecule has 0 heterocycles. The number of halogens is 2. The van der Waals surface area contributed by atoms with Crippen LogP contribution in [0.3, 0.4) is 0 Å². The van der Waals surface area contributed by atoms with Crippen LogP contribution in [0.4, 0.5) is 20.2 Å². The first-order chi connectivity index (χ1) is 11.7. The molecule has 0 atom stereocenters. The first kappa shape index (κ1) is 18.5. The molecule has 0 radical (unpaired) electrons. The summed E-state index contributed by atoms with van der Waals surface area (Å²) in [5.41, 5.74) is -0.303. The minimum atomic E-state index is -4.12. The van der Waals surface area contributed by atoms with Gasteiger partial charge in [-0.1, -0.05) is 0 Å². The Balaban J connectivity index is 2.03. The van der Waals surface area contributed by atoms with Crippen molar-refractivity contribution < 1.29 is 26.9 Å². The van der Waals surface area contributed by atoms with Crippen LogP contribution in [0, 0.1) is 21.7 Å². The maximum atomic E-state index is 13.0. The lowest BCUT2D eigenvalue weighted by atomic mass is 10.3. The Morgan fingerprint density at radius 1 is 1.16 bits per heavy atom. The molecule has 0 aliphatic carbocycles. The van der Waals surface area contributed by atoms with E-state index in [0.29, 0.717) is 0 Å². The molecule has 0 aliphatic rings. The van der Waals surface area contributed by atoms with Gasteiger partial charge >= 0.3 is 0 Å². The van der Waals surface area contributed by atoms with Gasteiger partial charge in [0.05, 0.1) is 9.82 Å². The van der Waals surface area contributed by atoms with Crippen LogP contribution in [0.25, 0.3) is 0 Å². The average molecular weight is 373 g/mol. The Morgan fingerprint density at radius 3 is 2.48 bits per heavy atom. The highest BCUT2D eigenvalue weighted by molar-refractivity contribution is 7.89. The molecule has 0 aromatic heterocycles. The SMILES string of the molecule is NS(=O)(=O)c1cc(NCCOc2ccc(F)c(F)c2)cc([N+](=O)[O-])c1. The third kappa shape index (κ3) is 5.09. The van der Waals surface area contributed by atoms with E-state index in [4.69, 9.17) is 9.88 Å². The zero-order chi connectivity index (χ0) is 18.6. The van der Waals surface area contributed by atoms with E-state index in [9.17, 15) is 27.3 Å².